The molecule has 0 radical (unpaired) electrons. The molecule has 2 aromatic carbocycles. The van der Waals surface area contributed by atoms with Gasteiger partial charge in [0.2, 0.25) is 31.9 Å². The molecule has 252 valence electrons. The average Bonchev–Trinajstić information content (AvgIpc) is 3.05. The molecular formula is C29H32Cl2N6O8S2. The monoisotopic (exact) mass is 726 g/mol. The molecule has 3 aromatic rings. The molecule has 18 heteroatoms. The summed E-state index contributed by atoms with van der Waals surface area (Å²) in [6.07, 6.45) is 0. The minimum absolute atomic E-state index is 0.0203. The van der Waals surface area contributed by atoms with Gasteiger partial charge in [0.25, 0.3) is 5.56 Å². The molecule has 0 aliphatic carbocycles. The molecule has 1 aromatic heterocycles. The number of hydrogen-bond acceptors (Lipinski definition) is 8. The number of carbonyl (C=O) groups excluding carboxylic acids is 2. The Balaban J connectivity index is 1.21. The van der Waals surface area contributed by atoms with Gasteiger partial charge in [0.1, 0.15) is 13.1 Å². The van der Waals surface area contributed by atoms with E-state index in [2.05, 4.69) is 0 Å². The molecule has 2 aliphatic rings. The van der Waals surface area contributed by atoms with Gasteiger partial charge in [-0.2, -0.15) is 8.61 Å². The van der Waals surface area contributed by atoms with Gasteiger partial charge < -0.3 is 9.80 Å². The van der Waals surface area contributed by atoms with Crippen molar-refractivity contribution in [3.63, 3.8) is 0 Å². The minimum atomic E-state index is -3.80. The number of halogens is 2. The number of rotatable bonds is 8. The Morgan fingerprint density at radius 1 is 0.617 bits per heavy atom. The van der Waals surface area contributed by atoms with Crippen molar-refractivity contribution in [2.45, 2.75) is 29.8 Å². The van der Waals surface area contributed by atoms with Crippen molar-refractivity contribution in [1.82, 2.24) is 27.5 Å². The molecule has 0 unspecified atom stereocenters. The first-order chi connectivity index (χ1) is 22.2. The zero-order chi connectivity index (χ0) is 34.1. The van der Waals surface area contributed by atoms with Crippen molar-refractivity contribution < 1.29 is 26.4 Å². The third kappa shape index (κ3) is 7.47. The maximum atomic E-state index is 13.4. The standard InChI is InChI=1S/C29H32Cl2N6O8S2/c1-21-18-26(38)37(20-28(40)33-12-16-35(17-13-33)47(44,45)25-8-4-23(31)5-9-25)29(41)36(21)19-27(39)32-10-14-34(15-11-32)46(42,43)24-6-2-22(30)3-7-24/h2-9,18H,10-17,19-20H2,1H3. The van der Waals surface area contributed by atoms with Crippen molar-refractivity contribution >= 4 is 55.1 Å². The second-order valence-electron chi connectivity index (χ2n) is 11.1. The van der Waals surface area contributed by atoms with Crippen molar-refractivity contribution in [3.8, 4) is 0 Å². The molecule has 0 bridgehead atoms. The molecule has 2 amide bonds. The van der Waals surface area contributed by atoms with E-state index in [0.717, 1.165) is 15.2 Å². The molecule has 47 heavy (non-hydrogen) atoms. The van der Waals surface area contributed by atoms with Crippen LogP contribution in [0.2, 0.25) is 10.0 Å². The highest BCUT2D eigenvalue weighted by atomic mass is 35.5. The number of carbonyl (C=O) groups is 2. The number of piperazine rings is 2. The van der Waals surface area contributed by atoms with Gasteiger partial charge in [-0.1, -0.05) is 23.2 Å². The van der Waals surface area contributed by atoms with Crippen molar-refractivity contribution in [2.24, 2.45) is 0 Å². The molecule has 0 N–H and O–H groups in total. The lowest BCUT2D eigenvalue weighted by molar-refractivity contribution is -0.133. The van der Waals surface area contributed by atoms with E-state index in [9.17, 15) is 36.0 Å². The molecule has 2 fully saturated rings. The molecular weight excluding hydrogens is 695 g/mol. The average molecular weight is 728 g/mol. The van der Waals surface area contributed by atoms with Crippen LogP contribution in [0.25, 0.3) is 0 Å². The first-order valence-electron chi connectivity index (χ1n) is 14.6. The van der Waals surface area contributed by atoms with Crippen molar-refractivity contribution in [2.75, 3.05) is 52.4 Å². The molecule has 5 rings (SSSR count). The zero-order valence-corrected chi connectivity index (χ0v) is 28.4. The van der Waals surface area contributed by atoms with Crippen LogP contribution >= 0.6 is 23.2 Å². The van der Waals surface area contributed by atoms with Crippen LogP contribution < -0.4 is 11.2 Å². The first kappa shape index (κ1) is 34.8. The Bertz CT molecular complexity index is 2000. The number of aromatic nitrogens is 2. The molecule has 14 nitrogen and oxygen atoms in total. The highest BCUT2D eigenvalue weighted by molar-refractivity contribution is 7.89. The number of hydrogen-bond donors (Lipinski definition) is 0. The lowest BCUT2D eigenvalue weighted by Gasteiger charge is -2.34. The van der Waals surface area contributed by atoms with Gasteiger partial charge >= 0.3 is 5.69 Å². The molecule has 0 atom stereocenters. The van der Waals surface area contributed by atoms with Crippen LogP contribution in [0.5, 0.6) is 0 Å². The molecule has 0 saturated carbocycles. The fourth-order valence-corrected chi connectivity index (χ4v) is 8.50. The Labute approximate surface area is 281 Å². The maximum absolute atomic E-state index is 13.4. The first-order valence-corrected chi connectivity index (χ1v) is 18.2. The summed E-state index contributed by atoms with van der Waals surface area (Å²) in [6.45, 7) is 0.936. The summed E-state index contributed by atoms with van der Waals surface area (Å²) < 4.78 is 56.3. The van der Waals surface area contributed by atoms with Gasteiger partial charge in [0, 0.05) is 74.2 Å². The minimum Gasteiger partial charge on any atom is -0.338 e. The summed E-state index contributed by atoms with van der Waals surface area (Å²) in [5.41, 5.74) is -1.33. The van der Waals surface area contributed by atoms with E-state index in [1.807, 2.05) is 0 Å². The van der Waals surface area contributed by atoms with Crippen LogP contribution in [0.1, 0.15) is 5.69 Å². The van der Waals surface area contributed by atoms with E-state index in [4.69, 9.17) is 23.2 Å². The van der Waals surface area contributed by atoms with E-state index in [-0.39, 0.29) is 67.8 Å². The predicted octanol–water partition coefficient (Wildman–Crippen LogP) is 0.691. The summed E-state index contributed by atoms with van der Waals surface area (Å²) in [6, 6.07) is 12.7. The van der Waals surface area contributed by atoms with E-state index in [1.54, 1.807) is 0 Å². The van der Waals surface area contributed by atoms with E-state index >= 15 is 0 Å². The Hall–Kier alpha value is -3.54. The fraction of sp³-hybridized carbons (Fsp3) is 0.379. The molecule has 3 heterocycles. The highest BCUT2D eigenvalue weighted by Gasteiger charge is 2.32. The van der Waals surface area contributed by atoms with Crippen molar-refractivity contribution in [3.05, 3.63) is 91.2 Å². The van der Waals surface area contributed by atoms with Gasteiger partial charge in [0.15, 0.2) is 0 Å². The van der Waals surface area contributed by atoms with Crippen LogP contribution in [-0.4, -0.2) is 109 Å². The summed E-state index contributed by atoms with van der Waals surface area (Å²) in [4.78, 5) is 55.4. The zero-order valence-electron chi connectivity index (χ0n) is 25.3. The van der Waals surface area contributed by atoms with Crippen molar-refractivity contribution in [1.29, 1.82) is 0 Å². The smallest absolute Gasteiger partial charge is 0.332 e. The number of nitrogens with zero attached hydrogens (tertiary/aromatic N) is 6. The normalized spacial score (nSPS) is 16.7. The van der Waals surface area contributed by atoms with Crippen LogP contribution in [0.4, 0.5) is 0 Å². The topological polar surface area (TPSA) is 159 Å². The van der Waals surface area contributed by atoms with E-state index in [1.165, 1.54) is 73.9 Å². The van der Waals surface area contributed by atoms with E-state index < -0.39 is 56.2 Å². The van der Waals surface area contributed by atoms with Gasteiger partial charge in [0.05, 0.1) is 9.79 Å². The molecule has 2 aliphatic heterocycles. The van der Waals surface area contributed by atoms with Gasteiger partial charge in [-0.3, -0.25) is 23.5 Å². The summed E-state index contributed by atoms with van der Waals surface area (Å²) in [5, 5.41) is 0.804. The lowest BCUT2D eigenvalue weighted by Crippen LogP contribution is -2.53. The Morgan fingerprint density at radius 2 is 0.979 bits per heavy atom. The summed E-state index contributed by atoms with van der Waals surface area (Å²) >= 11 is 11.7. The fourth-order valence-electron chi connectivity index (χ4n) is 5.40. The third-order valence-corrected chi connectivity index (χ3v) is 12.5. The van der Waals surface area contributed by atoms with E-state index in [0.29, 0.717) is 10.0 Å². The number of aryl methyl sites for hydroxylation is 1. The largest absolute Gasteiger partial charge is 0.338 e. The van der Waals surface area contributed by atoms with Crippen LogP contribution in [0.15, 0.2) is 74.0 Å². The molecule has 0 spiro atoms. The van der Waals surface area contributed by atoms with Gasteiger partial charge in [-0.05, 0) is 55.5 Å². The quantitative estimate of drug-likeness (QED) is 0.328. The van der Waals surface area contributed by atoms with Gasteiger partial charge in [-0.15, -0.1) is 0 Å². The van der Waals surface area contributed by atoms with Crippen LogP contribution in [0, 0.1) is 6.92 Å². The van der Waals surface area contributed by atoms with Gasteiger partial charge in [-0.25, -0.2) is 21.6 Å². The number of amides is 2. The summed E-state index contributed by atoms with van der Waals surface area (Å²) in [7, 11) is -7.59. The number of benzene rings is 2. The predicted molar refractivity (Wildman–Crippen MR) is 173 cm³/mol. The second-order valence-corrected chi connectivity index (χ2v) is 15.8. The number of sulfonamides is 2. The Morgan fingerprint density at radius 3 is 1.36 bits per heavy atom. The Kier molecular flexibility index (Phi) is 10.3. The van der Waals surface area contributed by atoms with Crippen LogP contribution in [0.3, 0.4) is 0 Å². The SMILES string of the molecule is Cc1cc(=O)n(CC(=O)N2CCN(S(=O)(=O)c3ccc(Cl)cc3)CC2)c(=O)n1CC(=O)N1CCN(S(=O)(=O)c2ccc(Cl)cc2)CC1. The summed E-state index contributed by atoms with van der Waals surface area (Å²) in [5.74, 6) is -0.999. The third-order valence-electron chi connectivity index (χ3n) is 8.16. The second kappa shape index (κ2) is 13.9. The molecule has 2 saturated heterocycles. The highest BCUT2D eigenvalue weighted by Crippen LogP contribution is 2.21. The van der Waals surface area contributed by atoms with Crippen LogP contribution in [-0.2, 0) is 42.7 Å². The lowest BCUT2D eigenvalue weighted by atomic mass is 10.3. The maximum Gasteiger partial charge on any atom is 0.332 e.